The highest BCUT2D eigenvalue weighted by molar-refractivity contribution is 7.12. The van der Waals surface area contributed by atoms with Crippen molar-refractivity contribution in [1.29, 1.82) is 0 Å². The smallest absolute Gasteiger partial charge is 0.234 e. The highest BCUT2D eigenvalue weighted by Gasteiger charge is 2.32. The van der Waals surface area contributed by atoms with Crippen molar-refractivity contribution in [2.45, 2.75) is 58.1 Å². The Labute approximate surface area is 201 Å². The van der Waals surface area contributed by atoms with E-state index >= 15 is 0 Å². The molecule has 0 fully saturated rings. The number of aliphatic hydroxyl groups is 1. The summed E-state index contributed by atoms with van der Waals surface area (Å²) in [5.41, 5.74) is 5.58. The van der Waals surface area contributed by atoms with Crippen LogP contribution in [0.15, 0.2) is 54.6 Å². The van der Waals surface area contributed by atoms with Crippen molar-refractivity contribution in [3.8, 4) is 0 Å². The van der Waals surface area contributed by atoms with Crippen LogP contribution in [0.1, 0.15) is 65.0 Å². The standard InChI is InChI=1S/C28H34N2O2S/c1-19(2)21-10-14-23(15-11-21)30(17-20-8-12-22(13-9-20)29(3)4)28(32)25-6-5-7-27-26(25)16-24(18-31)33-27/h8-16,19,25,31H,5-7,17-18H2,1-4H3. The van der Waals surface area contributed by atoms with Crippen LogP contribution >= 0.6 is 11.3 Å². The normalized spacial score (nSPS) is 15.4. The van der Waals surface area contributed by atoms with Crippen LogP contribution in [0.4, 0.5) is 11.4 Å². The predicted octanol–water partition coefficient (Wildman–Crippen LogP) is 6.08. The van der Waals surface area contributed by atoms with E-state index in [-0.39, 0.29) is 18.4 Å². The molecular weight excluding hydrogens is 428 g/mol. The van der Waals surface area contributed by atoms with Crippen LogP contribution in [0.5, 0.6) is 0 Å². The maximum Gasteiger partial charge on any atom is 0.234 e. The van der Waals surface area contributed by atoms with E-state index in [1.54, 1.807) is 11.3 Å². The average Bonchev–Trinajstić information content (AvgIpc) is 3.26. The van der Waals surface area contributed by atoms with Gasteiger partial charge in [0.15, 0.2) is 0 Å². The molecule has 0 saturated heterocycles. The van der Waals surface area contributed by atoms with Crippen LogP contribution in [-0.4, -0.2) is 25.1 Å². The van der Waals surface area contributed by atoms with Crippen molar-refractivity contribution < 1.29 is 9.90 Å². The second kappa shape index (κ2) is 10.1. The SMILES string of the molecule is CC(C)c1ccc(N(Cc2ccc(N(C)C)cc2)C(=O)C2CCCc3sc(CO)cc32)cc1. The number of carbonyl (C=O) groups excluding carboxylic acids is 1. The number of aliphatic hydroxyl groups excluding tert-OH is 1. The molecule has 1 amide bonds. The van der Waals surface area contributed by atoms with Crippen molar-refractivity contribution in [2.75, 3.05) is 23.9 Å². The number of carbonyl (C=O) groups is 1. The van der Waals surface area contributed by atoms with E-state index in [1.165, 1.54) is 10.4 Å². The number of benzene rings is 2. The first-order chi connectivity index (χ1) is 15.9. The van der Waals surface area contributed by atoms with Gasteiger partial charge in [-0.25, -0.2) is 0 Å². The number of thiophene rings is 1. The maximum absolute atomic E-state index is 14.0. The third-order valence-corrected chi connectivity index (χ3v) is 7.74. The van der Waals surface area contributed by atoms with E-state index in [0.29, 0.717) is 12.5 Å². The van der Waals surface area contributed by atoms with E-state index in [4.69, 9.17) is 0 Å². The maximum atomic E-state index is 14.0. The lowest BCUT2D eigenvalue weighted by Crippen LogP contribution is -2.36. The van der Waals surface area contributed by atoms with Crippen LogP contribution in [0.3, 0.4) is 0 Å². The molecule has 1 aliphatic carbocycles. The Morgan fingerprint density at radius 1 is 1.06 bits per heavy atom. The summed E-state index contributed by atoms with van der Waals surface area (Å²) >= 11 is 1.65. The molecule has 0 bridgehead atoms. The molecule has 1 N–H and O–H groups in total. The zero-order valence-corrected chi connectivity index (χ0v) is 20.9. The molecule has 2 aromatic carbocycles. The molecule has 5 heteroatoms. The van der Waals surface area contributed by atoms with Crippen LogP contribution in [0.25, 0.3) is 0 Å². The highest BCUT2D eigenvalue weighted by atomic mass is 32.1. The molecule has 1 heterocycles. The van der Waals surface area contributed by atoms with Gasteiger partial charge >= 0.3 is 0 Å². The van der Waals surface area contributed by atoms with E-state index in [2.05, 4.69) is 67.3 Å². The van der Waals surface area contributed by atoms with E-state index in [9.17, 15) is 9.90 Å². The van der Waals surface area contributed by atoms with Gasteiger partial charge in [-0.2, -0.15) is 0 Å². The van der Waals surface area contributed by atoms with Gasteiger partial charge in [-0.15, -0.1) is 11.3 Å². The number of hydrogen-bond donors (Lipinski definition) is 1. The van der Waals surface area contributed by atoms with E-state index < -0.39 is 0 Å². The first-order valence-corrected chi connectivity index (χ1v) is 12.6. The lowest BCUT2D eigenvalue weighted by atomic mass is 9.86. The number of fused-ring (bicyclic) bond motifs is 1. The molecule has 174 valence electrons. The minimum absolute atomic E-state index is 0.0389. The fourth-order valence-corrected chi connectivity index (χ4v) is 5.69. The largest absolute Gasteiger partial charge is 0.391 e. The van der Waals surface area contributed by atoms with Crippen LogP contribution in [0, 0.1) is 0 Å². The zero-order chi connectivity index (χ0) is 23.5. The van der Waals surface area contributed by atoms with Crippen LogP contribution < -0.4 is 9.80 Å². The molecule has 1 aromatic heterocycles. The second-order valence-electron chi connectivity index (χ2n) is 9.43. The van der Waals surface area contributed by atoms with Crippen molar-refractivity contribution in [2.24, 2.45) is 0 Å². The van der Waals surface area contributed by atoms with Crippen LogP contribution in [-0.2, 0) is 24.4 Å². The number of hydrogen-bond acceptors (Lipinski definition) is 4. The third kappa shape index (κ3) is 5.15. The molecule has 1 aliphatic rings. The van der Waals surface area contributed by atoms with Gasteiger partial charge in [0.2, 0.25) is 5.91 Å². The first kappa shape index (κ1) is 23.5. The fourth-order valence-electron chi connectivity index (χ4n) is 4.55. The quantitative estimate of drug-likeness (QED) is 0.462. The van der Waals surface area contributed by atoms with Crippen molar-refractivity contribution >= 4 is 28.6 Å². The van der Waals surface area contributed by atoms with Crippen molar-refractivity contribution in [1.82, 2.24) is 0 Å². The Kier molecular flexibility index (Phi) is 7.20. The van der Waals surface area contributed by atoms with Gasteiger partial charge in [0.25, 0.3) is 0 Å². The lowest BCUT2D eigenvalue weighted by Gasteiger charge is -2.30. The number of rotatable bonds is 7. The molecule has 0 radical (unpaired) electrons. The molecule has 0 saturated carbocycles. The minimum Gasteiger partial charge on any atom is -0.391 e. The van der Waals surface area contributed by atoms with Gasteiger partial charge in [-0.05, 0) is 72.2 Å². The lowest BCUT2D eigenvalue weighted by molar-refractivity contribution is -0.120. The van der Waals surface area contributed by atoms with Gasteiger partial charge in [-0.1, -0.05) is 38.1 Å². The Bertz CT molecular complexity index is 1080. The molecule has 0 spiro atoms. The van der Waals surface area contributed by atoms with Gasteiger partial charge in [-0.3, -0.25) is 4.79 Å². The summed E-state index contributed by atoms with van der Waals surface area (Å²) in [6.45, 7) is 4.94. The molecular formula is C28H34N2O2S. The summed E-state index contributed by atoms with van der Waals surface area (Å²) in [5, 5.41) is 9.64. The van der Waals surface area contributed by atoms with Crippen molar-refractivity contribution in [3.05, 3.63) is 81.0 Å². The molecule has 1 atom stereocenters. The Morgan fingerprint density at radius 2 is 1.73 bits per heavy atom. The summed E-state index contributed by atoms with van der Waals surface area (Å²) in [6, 6.07) is 18.9. The summed E-state index contributed by atoms with van der Waals surface area (Å²) in [4.78, 5) is 20.3. The van der Waals surface area contributed by atoms with E-state index in [0.717, 1.165) is 46.6 Å². The van der Waals surface area contributed by atoms with Gasteiger partial charge in [0.1, 0.15) is 0 Å². The number of nitrogens with zero attached hydrogens (tertiary/aromatic N) is 2. The molecule has 4 nitrogen and oxygen atoms in total. The number of amides is 1. The fraction of sp³-hybridized carbons (Fsp3) is 0.393. The zero-order valence-electron chi connectivity index (χ0n) is 20.0. The van der Waals surface area contributed by atoms with Crippen molar-refractivity contribution in [3.63, 3.8) is 0 Å². The third-order valence-electron chi connectivity index (χ3n) is 6.55. The van der Waals surface area contributed by atoms with Gasteiger partial charge in [0.05, 0.1) is 19.1 Å². The highest BCUT2D eigenvalue weighted by Crippen LogP contribution is 2.39. The van der Waals surface area contributed by atoms with Gasteiger partial charge < -0.3 is 14.9 Å². The van der Waals surface area contributed by atoms with Crippen LogP contribution in [0.2, 0.25) is 0 Å². The Balaban J connectivity index is 1.68. The summed E-state index contributed by atoms with van der Waals surface area (Å²) < 4.78 is 0. The Morgan fingerprint density at radius 3 is 2.33 bits per heavy atom. The number of anilines is 2. The Hall–Kier alpha value is -2.63. The topological polar surface area (TPSA) is 43.8 Å². The second-order valence-corrected chi connectivity index (χ2v) is 10.6. The molecule has 3 aromatic rings. The molecule has 33 heavy (non-hydrogen) atoms. The summed E-state index contributed by atoms with van der Waals surface area (Å²) in [7, 11) is 4.06. The number of aryl methyl sites for hydroxylation is 1. The first-order valence-electron chi connectivity index (χ1n) is 11.8. The molecule has 0 aliphatic heterocycles. The van der Waals surface area contributed by atoms with E-state index in [1.807, 2.05) is 25.1 Å². The molecule has 4 rings (SSSR count). The summed E-state index contributed by atoms with van der Waals surface area (Å²) in [5.74, 6) is 0.439. The van der Waals surface area contributed by atoms with Gasteiger partial charge in [0, 0.05) is 35.2 Å². The summed E-state index contributed by atoms with van der Waals surface area (Å²) in [6.07, 6.45) is 2.86. The molecule has 1 unspecified atom stereocenters. The predicted molar refractivity (Wildman–Crippen MR) is 138 cm³/mol. The minimum atomic E-state index is -0.156. The average molecular weight is 463 g/mol. The monoisotopic (exact) mass is 462 g/mol.